The summed E-state index contributed by atoms with van der Waals surface area (Å²) >= 11 is 5.07. The van der Waals surface area contributed by atoms with Gasteiger partial charge in [-0.25, -0.2) is 0 Å². The smallest absolute Gasteiger partial charge is 0.0643 e. The average Bonchev–Trinajstić information content (AvgIpc) is 2.65. The van der Waals surface area contributed by atoms with E-state index in [0.717, 1.165) is 10.2 Å². The van der Waals surface area contributed by atoms with Crippen LogP contribution in [-0.2, 0) is 12.8 Å². The molecule has 0 aliphatic carbocycles. The van der Waals surface area contributed by atoms with Crippen molar-refractivity contribution in [3.05, 3.63) is 50.9 Å². The molecule has 4 heteroatoms. The molecule has 1 unspecified atom stereocenters. The summed E-state index contributed by atoms with van der Waals surface area (Å²) < 4.78 is 1.08. The number of pyridine rings is 1. The van der Waals surface area contributed by atoms with Crippen molar-refractivity contribution >= 4 is 27.3 Å². The van der Waals surface area contributed by atoms with Crippen molar-refractivity contribution in [3.8, 4) is 0 Å². The Morgan fingerprint density at radius 3 is 2.88 bits per heavy atom. The van der Waals surface area contributed by atoms with Gasteiger partial charge in [-0.2, -0.15) is 0 Å². The maximum absolute atomic E-state index is 9.92. The van der Waals surface area contributed by atoms with Crippen molar-refractivity contribution in [3.63, 3.8) is 0 Å². The second kappa shape index (κ2) is 5.57. The number of halogens is 1. The highest BCUT2D eigenvalue weighted by Gasteiger charge is 2.08. The molecule has 0 aromatic carbocycles. The van der Waals surface area contributed by atoms with Gasteiger partial charge in [0.2, 0.25) is 0 Å². The summed E-state index contributed by atoms with van der Waals surface area (Å²) in [6.07, 6.45) is 2.69. The van der Waals surface area contributed by atoms with Crippen LogP contribution in [0.4, 0.5) is 0 Å². The van der Waals surface area contributed by atoms with Gasteiger partial charge in [0.05, 0.1) is 6.10 Å². The van der Waals surface area contributed by atoms with Gasteiger partial charge < -0.3 is 5.11 Å². The molecule has 0 aliphatic heterocycles. The van der Waals surface area contributed by atoms with Crippen LogP contribution < -0.4 is 0 Å². The largest absolute Gasteiger partial charge is 0.392 e. The van der Waals surface area contributed by atoms with Crippen LogP contribution in [0.1, 0.15) is 10.6 Å². The summed E-state index contributed by atoms with van der Waals surface area (Å²) in [5, 5.41) is 11.9. The van der Waals surface area contributed by atoms with E-state index in [1.807, 2.05) is 29.6 Å². The van der Waals surface area contributed by atoms with Crippen LogP contribution in [-0.4, -0.2) is 16.2 Å². The van der Waals surface area contributed by atoms with E-state index in [4.69, 9.17) is 0 Å². The lowest BCUT2D eigenvalue weighted by atomic mass is 10.1. The molecule has 0 fully saturated rings. The first-order chi connectivity index (χ1) is 7.74. The zero-order valence-corrected chi connectivity index (χ0v) is 11.0. The number of hydrogen-bond acceptors (Lipinski definition) is 3. The highest BCUT2D eigenvalue weighted by molar-refractivity contribution is 9.10. The van der Waals surface area contributed by atoms with Crippen molar-refractivity contribution in [1.82, 2.24) is 4.98 Å². The molecule has 84 valence electrons. The molecule has 16 heavy (non-hydrogen) atoms. The molecule has 0 aliphatic rings. The molecule has 2 rings (SSSR count). The Morgan fingerprint density at radius 2 is 2.25 bits per heavy atom. The predicted molar refractivity (Wildman–Crippen MR) is 69.7 cm³/mol. The van der Waals surface area contributed by atoms with Crippen LogP contribution in [0.5, 0.6) is 0 Å². The number of aliphatic hydroxyl groups is 1. The molecule has 1 N–H and O–H groups in total. The molecule has 0 bridgehead atoms. The van der Waals surface area contributed by atoms with Crippen LogP contribution in [0, 0.1) is 0 Å². The monoisotopic (exact) mass is 297 g/mol. The first-order valence-corrected chi connectivity index (χ1v) is 6.72. The standard InChI is InChI=1S/C12H12BrNOS/c13-9-5-12(16-8-9)7-11(15)6-10-3-1-2-4-14-10/h1-5,8,11,15H,6-7H2. The number of rotatable bonds is 4. The fourth-order valence-electron chi connectivity index (χ4n) is 1.53. The van der Waals surface area contributed by atoms with Crippen LogP contribution in [0.3, 0.4) is 0 Å². The highest BCUT2D eigenvalue weighted by atomic mass is 79.9. The second-order valence-corrected chi connectivity index (χ2v) is 5.53. The van der Waals surface area contributed by atoms with E-state index in [-0.39, 0.29) is 6.10 Å². The third-order valence-corrected chi connectivity index (χ3v) is 3.95. The zero-order chi connectivity index (χ0) is 11.4. The molecule has 0 amide bonds. The number of hydrogen-bond donors (Lipinski definition) is 1. The van der Waals surface area contributed by atoms with Crippen molar-refractivity contribution in [2.45, 2.75) is 18.9 Å². The van der Waals surface area contributed by atoms with Gasteiger partial charge >= 0.3 is 0 Å². The van der Waals surface area contributed by atoms with Gasteiger partial charge in [0.25, 0.3) is 0 Å². The lowest BCUT2D eigenvalue weighted by molar-refractivity contribution is 0.175. The lowest BCUT2D eigenvalue weighted by Gasteiger charge is -2.08. The molecule has 1 atom stereocenters. The molecule has 2 aromatic rings. The maximum Gasteiger partial charge on any atom is 0.0643 e. The molecule has 2 nitrogen and oxygen atoms in total. The SMILES string of the molecule is OC(Cc1ccccn1)Cc1cc(Br)cs1. The van der Waals surface area contributed by atoms with Crippen LogP contribution in [0.15, 0.2) is 40.3 Å². The summed E-state index contributed by atoms with van der Waals surface area (Å²) in [6.45, 7) is 0. The van der Waals surface area contributed by atoms with Gasteiger partial charge in [-0.1, -0.05) is 6.07 Å². The number of aliphatic hydroxyl groups excluding tert-OH is 1. The third-order valence-electron chi connectivity index (χ3n) is 2.23. The Hall–Kier alpha value is -0.710. The maximum atomic E-state index is 9.92. The molecule has 0 radical (unpaired) electrons. The molecule has 0 spiro atoms. The minimum absolute atomic E-state index is 0.361. The van der Waals surface area contributed by atoms with E-state index < -0.39 is 0 Å². The number of nitrogens with zero attached hydrogens (tertiary/aromatic N) is 1. The average molecular weight is 298 g/mol. The normalized spacial score (nSPS) is 12.6. The molecule has 2 aromatic heterocycles. The van der Waals surface area contributed by atoms with Gasteiger partial charge in [-0.05, 0) is 34.1 Å². The van der Waals surface area contributed by atoms with Crippen LogP contribution >= 0.6 is 27.3 Å². The van der Waals surface area contributed by atoms with Crippen molar-refractivity contribution in [2.24, 2.45) is 0 Å². The van der Waals surface area contributed by atoms with Gasteiger partial charge in [0.1, 0.15) is 0 Å². The summed E-state index contributed by atoms with van der Waals surface area (Å²) in [6, 6.07) is 7.81. The first kappa shape index (κ1) is 11.8. The van der Waals surface area contributed by atoms with Crippen molar-refractivity contribution < 1.29 is 5.11 Å². The van der Waals surface area contributed by atoms with E-state index in [0.29, 0.717) is 12.8 Å². The first-order valence-electron chi connectivity index (χ1n) is 5.05. The predicted octanol–water partition coefficient (Wildman–Crippen LogP) is 3.05. The fraction of sp³-hybridized carbons (Fsp3) is 0.250. The minimum atomic E-state index is -0.361. The molecule has 0 saturated carbocycles. The van der Waals surface area contributed by atoms with Crippen molar-refractivity contribution in [1.29, 1.82) is 0 Å². The Balaban J connectivity index is 1.92. The summed E-state index contributed by atoms with van der Waals surface area (Å²) in [5.41, 5.74) is 0.936. The quantitative estimate of drug-likeness (QED) is 0.941. The zero-order valence-electron chi connectivity index (χ0n) is 8.64. The van der Waals surface area contributed by atoms with Gasteiger partial charge in [-0.15, -0.1) is 11.3 Å². The van der Waals surface area contributed by atoms with Gasteiger partial charge in [0.15, 0.2) is 0 Å². The Kier molecular flexibility index (Phi) is 4.09. The van der Waals surface area contributed by atoms with Gasteiger partial charge in [-0.3, -0.25) is 4.98 Å². The Bertz CT molecular complexity index is 443. The minimum Gasteiger partial charge on any atom is -0.392 e. The Labute approximate surface area is 107 Å². The highest BCUT2D eigenvalue weighted by Crippen LogP contribution is 2.21. The summed E-state index contributed by atoms with van der Waals surface area (Å²) in [4.78, 5) is 5.39. The summed E-state index contributed by atoms with van der Waals surface area (Å²) in [7, 11) is 0. The van der Waals surface area contributed by atoms with E-state index in [1.165, 1.54) is 4.88 Å². The van der Waals surface area contributed by atoms with E-state index in [2.05, 4.69) is 20.9 Å². The molecular formula is C12H12BrNOS. The van der Waals surface area contributed by atoms with E-state index >= 15 is 0 Å². The molecule has 0 saturated heterocycles. The third kappa shape index (κ3) is 3.40. The van der Waals surface area contributed by atoms with Crippen molar-refractivity contribution in [2.75, 3.05) is 0 Å². The van der Waals surface area contributed by atoms with E-state index in [9.17, 15) is 5.11 Å². The second-order valence-electron chi connectivity index (χ2n) is 3.61. The van der Waals surface area contributed by atoms with Crippen LogP contribution in [0.25, 0.3) is 0 Å². The number of aromatic nitrogens is 1. The fourth-order valence-corrected chi connectivity index (χ4v) is 3.05. The lowest BCUT2D eigenvalue weighted by Crippen LogP contribution is -2.13. The topological polar surface area (TPSA) is 33.1 Å². The molecular weight excluding hydrogens is 286 g/mol. The molecule has 2 heterocycles. The number of thiophene rings is 1. The Morgan fingerprint density at radius 1 is 1.38 bits per heavy atom. The van der Waals surface area contributed by atoms with Gasteiger partial charge in [0, 0.05) is 39.5 Å². The van der Waals surface area contributed by atoms with E-state index in [1.54, 1.807) is 17.5 Å². The van der Waals surface area contributed by atoms with Crippen LogP contribution in [0.2, 0.25) is 0 Å². The summed E-state index contributed by atoms with van der Waals surface area (Å²) in [5.74, 6) is 0.